The molecule has 0 spiro atoms. The molecule has 0 aliphatic carbocycles. The molecular weight excluding hydrogens is 242 g/mol. The Morgan fingerprint density at radius 2 is 2.16 bits per heavy atom. The van der Waals surface area contributed by atoms with Crippen molar-refractivity contribution in [3.8, 4) is 0 Å². The Bertz CT molecular complexity index is 398. The molecule has 108 valence electrons. The highest BCUT2D eigenvalue weighted by molar-refractivity contribution is 5.88. The van der Waals surface area contributed by atoms with Crippen molar-refractivity contribution >= 4 is 5.97 Å². The quantitative estimate of drug-likeness (QED) is 0.669. The molecule has 1 unspecified atom stereocenters. The summed E-state index contributed by atoms with van der Waals surface area (Å²) in [5.41, 5.74) is 0.257. The van der Waals surface area contributed by atoms with Gasteiger partial charge in [-0.1, -0.05) is 32.6 Å². The fraction of sp³-hybridized carbons (Fsp3) is 0.667. The van der Waals surface area contributed by atoms with Crippen LogP contribution in [0.4, 0.5) is 0 Å². The molecule has 4 heteroatoms. The van der Waals surface area contributed by atoms with Gasteiger partial charge in [-0.2, -0.15) is 0 Å². The summed E-state index contributed by atoms with van der Waals surface area (Å²) in [6.07, 6.45) is 6.22. The van der Waals surface area contributed by atoms with Gasteiger partial charge in [-0.05, 0) is 26.3 Å². The zero-order valence-electron chi connectivity index (χ0n) is 12.2. The molecule has 0 saturated heterocycles. The maximum atomic E-state index is 10.9. The van der Waals surface area contributed by atoms with Crippen molar-refractivity contribution in [3.05, 3.63) is 23.2 Å². The second kappa shape index (κ2) is 8.00. The van der Waals surface area contributed by atoms with E-state index in [0.717, 1.165) is 6.42 Å². The van der Waals surface area contributed by atoms with Crippen LogP contribution >= 0.6 is 0 Å². The van der Waals surface area contributed by atoms with E-state index in [4.69, 9.17) is 9.52 Å². The van der Waals surface area contributed by atoms with Crippen LogP contribution in [0.15, 0.2) is 10.5 Å². The molecule has 0 amide bonds. The van der Waals surface area contributed by atoms with Crippen LogP contribution in [0, 0.1) is 6.92 Å². The number of carbonyl (C=O) groups is 1. The van der Waals surface area contributed by atoms with Crippen LogP contribution in [0.5, 0.6) is 0 Å². The van der Waals surface area contributed by atoms with Crippen molar-refractivity contribution < 1.29 is 14.3 Å². The number of carboxylic acid groups (broad SMARTS) is 1. The van der Waals surface area contributed by atoms with Crippen LogP contribution in [0.2, 0.25) is 0 Å². The number of hydrogen-bond donors (Lipinski definition) is 2. The largest absolute Gasteiger partial charge is 0.478 e. The van der Waals surface area contributed by atoms with E-state index in [0.29, 0.717) is 24.1 Å². The van der Waals surface area contributed by atoms with Crippen LogP contribution in [0.1, 0.15) is 67.8 Å². The molecule has 0 bridgehead atoms. The summed E-state index contributed by atoms with van der Waals surface area (Å²) in [6.45, 7) is 6.63. The molecule has 1 rings (SSSR count). The first-order valence-corrected chi connectivity index (χ1v) is 7.10. The lowest BCUT2D eigenvalue weighted by molar-refractivity contribution is 0.0695. The Morgan fingerprint density at radius 1 is 1.42 bits per heavy atom. The summed E-state index contributed by atoms with van der Waals surface area (Å²) in [6, 6.07) is 2.03. The lowest BCUT2D eigenvalue weighted by Gasteiger charge is -2.12. The minimum Gasteiger partial charge on any atom is -0.478 e. The van der Waals surface area contributed by atoms with Gasteiger partial charge in [0.05, 0.1) is 6.54 Å². The van der Waals surface area contributed by atoms with Gasteiger partial charge < -0.3 is 14.8 Å². The summed E-state index contributed by atoms with van der Waals surface area (Å²) in [4.78, 5) is 10.9. The predicted molar refractivity (Wildman–Crippen MR) is 75.5 cm³/mol. The molecule has 19 heavy (non-hydrogen) atoms. The number of rotatable bonds is 9. The molecule has 0 aliphatic rings. The minimum atomic E-state index is -0.930. The molecule has 0 saturated carbocycles. The Hall–Kier alpha value is -1.29. The lowest BCUT2D eigenvalue weighted by Crippen LogP contribution is -2.25. The van der Waals surface area contributed by atoms with Gasteiger partial charge in [-0.15, -0.1) is 0 Å². The Morgan fingerprint density at radius 3 is 2.74 bits per heavy atom. The number of unbranched alkanes of at least 4 members (excludes halogenated alkanes) is 3. The smallest absolute Gasteiger partial charge is 0.339 e. The van der Waals surface area contributed by atoms with Crippen molar-refractivity contribution in [3.63, 3.8) is 0 Å². The summed E-state index contributed by atoms with van der Waals surface area (Å²) in [5, 5.41) is 12.3. The van der Waals surface area contributed by atoms with Gasteiger partial charge in [-0.3, -0.25) is 0 Å². The molecule has 4 nitrogen and oxygen atoms in total. The van der Waals surface area contributed by atoms with Crippen molar-refractivity contribution in [1.82, 2.24) is 5.32 Å². The highest BCUT2D eigenvalue weighted by atomic mass is 16.4. The Balaban J connectivity index is 2.32. The summed E-state index contributed by atoms with van der Waals surface area (Å²) >= 11 is 0. The topological polar surface area (TPSA) is 62.5 Å². The summed E-state index contributed by atoms with van der Waals surface area (Å²) in [5.74, 6) is 0.232. The third-order valence-electron chi connectivity index (χ3n) is 3.31. The van der Waals surface area contributed by atoms with Gasteiger partial charge in [0.2, 0.25) is 0 Å². The second-order valence-electron chi connectivity index (χ2n) is 5.12. The molecule has 0 aliphatic heterocycles. The minimum absolute atomic E-state index is 0.257. The van der Waals surface area contributed by atoms with E-state index < -0.39 is 5.97 Å². The fourth-order valence-corrected chi connectivity index (χ4v) is 2.10. The van der Waals surface area contributed by atoms with E-state index in [-0.39, 0.29) is 5.56 Å². The van der Waals surface area contributed by atoms with Gasteiger partial charge in [0.1, 0.15) is 17.1 Å². The zero-order valence-corrected chi connectivity index (χ0v) is 12.2. The van der Waals surface area contributed by atoms with Crippen LogP contribution in [-0.4, -0.2) is 17.1 Å². The van der Waals surface area contributed by atoms with Crippen molar-refractivity contribution in [2.75, 3.05) is 0 Å². The lowest BCUT2D eigenvalue weighted by atomic mass is 10.1. The maximum absolute atomic E-state index is 10.9. The zero-order chi connectivity index (χ0) is 14.3. The average Bonchev–Trinajstić information content (AvgIpc) is 2.74. The number of furan rings is 1. The first-order chi connectivity index (χ1) is 9.04. The first-order valence-electron chi connectivity index (χ1n) is 7.10. The van der Waals surface area contributed by atoms with Gasteiger partial charge >= 0.3 is 5.97 Å². The number of aryl methyl sites for hydroxylation is 1. The summed E-state index contributed by atoms with van der Waals surface area (Å²) < 4.78 is 5.43. The number of carboxylic acids is 1. The van der Waals surface area contributed by atoms with Gasteiger partial charge in [0, 0.05) is 6.04 Å². The van der Waals surface area contributed by atoms with Crippen molar-refractivity contribution in [1.29, 1.82) is 0 Å². The second-order valence-corrected chi connectivity index (χ2v) is 5.12. The van der Waals surface area contributed by atoms with Gasteiger partial charge in [0.25, 0.3) is 0 Å². The standard InChI is InChI=1S/C15H25NO3/c1-4-5-6-7-8-11(2)16-10-13-9-14(15(17)18)12(3)19-13/h9,11,16H,4-8,10H2,1-3H3,(H,17,18). The molecule has 0 fully saturated rings. The van der Waals surface area contributed by atoms with E-state index in [1.54, 1.807) is 13.0 Å². The Labute approximate surface area is 115 Å². The molecule has 0 radical (unpaired) electrons. The Kier molecular flexibility index (Phi) is 6.64. The van der Waals surface area contributed by atoms with E-state index in [1.165, 1.54) is 25.7 Å². The van der Waals surface area contributed by atoms with Crippen molar-refractivity contribution in [2.45, 2.75) is 65.5 Å². The fourth-order valence-electron chi connectivity index (χ4n) is 2.10. The molecular formula is C15H25NO3. The average molecular weight is 267 g/mol. The molecule has 0 aromatic carbocycles. The maximum Gasteiger partial charge on any atom is 0.339 e. The van der Waals surface area contributed by atoms with Crippen LogP contribution < -0.4 is 5.32 Å². The molecule has 1 aromatic heterocycles. The third-order valence-corrected chi connectivity index (χ3v) is 3.31. The monoisotopic (exact) mass is 267 g/mol. The number of nitrogens with one attached hydrogen (secondary N) is 1. The number of aromatic carboxylic acids is 1. The first kappa shape index (κ1) is 15.8. The van der Waals surface area contributed by atoms with E-state index >= 15 is 0 Å². The highest BCUT2D eigenvalue weighted by Gasteiger charge is 2.13. The van der Waals surface area contributed by atoms with E-state index in [1.807, 2.05) is 0 Å². The molecule has 1 aromatic rings. The van der Waals surface area contributed by atoms with Crippen LogP contribution in [-0.2, 0) is 6.54 Å². The predicted octanol–water partition coefficient (Wildman–Crippen LogP) is 3.73. The number of hydrogen-bond acceptors (Lipinski definition) is 3. The molecule has 2 N–H and O–H groups in total. The van der Waals surface area contributed by atoms with Gasteiger partial charge in [0.15, 0.2) is 0 Å². The summed E-state index contributed by atoms with van der Waals surface area (Å²) in [7, 11) is 0. The molecule has 1 heterocycles. The normalized spacial score (nSPS) is 12.6. The highest BCUT2D eigenvalue weighted by Crippen LogP contribution is 2.15. The van der Waals surface area contributed by atoms with Crippen LogP contribution in [0.25, 0.3) is 0 Å². The van der Waals surface area contributed by atoms with Gasteiger partial charge in [-0.25, -0.2) is 4.79 Å². The third kappa shape index (κ3) is 5.47. The van der Waals surface area contributed by atoms with E-state index in [9.17, 15) is 4.79 Å². The molecule has 1 atom stereocenters. The van der Waals surface area contributed by atoms with E-state index in [2.05, 4.69) is 19.2 Å². The van der Waals surface area contributed by atoms with Crippen LogP contribution in [0.3, 0.4) is 0 Å². The van der Waals surface area contributed by atoms with Crippen molar-refractivity contribution in [2.24, 2.45) is 0 Å². The SMILES string of the molecule is CCCCCCC(C)NCc1cc(C(=O)O)c(C)o1.